The van der Waals surface area contributed by atoms with Gasteiger partial charge in [0.15, 0.2) is 5.82 Å². The van der Waals surface area contributed by atoms with Crippen LogP contribution in [0.5, 0.6) is 5.88 Å². The van der Waals surface area contributed by atoms with Crippen LogP contribution in [0.4, 0.5) is 5.69 Å². The Balaban J connectivity index is 1.92. The van der Waals surface area contributed by atoms with Crippen LogP contribution in [0.3, 0.4) is 0 Å². The lowest BCUT2D eigenvalue weighted by atomic mass is 10.1. The number of aryl methyl sites for hydroxylation is 1. The lowest BCUT2D eigenvalue weighted by Crippen LogP contribution is -2.01. The summed E-state index contributed by atoms with van der Waals surface area (Å²) in [7, 11) is 1.43. The van der Waals surface area contributed by atoms with Crippen LogP contribution in [0.15, 0.2) is 60.7 Å². The van der Waals surface area contributed by atoms with Crippen molar-refractivity contribution in [2.75, 3.05) is 7.11 Å². The van der Waals surface area contributed by atoms with Gasteiger partial charge in [-0.15, -0.1) is 0 Å². The van der Waals surface area contributed by atoms with E-state index in [4.69, 9.17) is 9.72 Å². The predicted octanol–water partition coefficient (Wildman–Crippen LogP) is 4.58. The maximum atomic E-state index is 11.4. The molecule has 0 aliphatic heterocycles. The van der Waals surface area contributed by atoms with Gasteiger partial charge in [0.25, 0.3) is 5.69 Å². The quantitative estimate of drug-likeness (QED) is 0.384. The fourth-order valence-electron chi connectivity index (χ4n) is 3.09. The summed E-state index contributed by atoms with van der Waals surface area (Å²) in [6.07, 6.45) is 0. The summed E-state index contributed by atoms with van der Waals surface area (Å²) in [6.45, 7) is 1.99. The van der Waals surface area contributed by atoms with Crippen molar-refractivity contribution in [3.05, 3.63) is 76.3 Å². The first-order valence-corrected chi connectivity index (χ1v) is 8.61. The molecule has 0 radical (unpaired) electrons. The first-order valence-electron chi connectivity index (χ1n) is 8.61. The van der Waals surface area contributed by atoms with Gasteiger partial charge in [0.1, 0.15) is 11.1 Å². The second-order valence-corrected chi connectivity index (χ2v) is 6.21. The van der Waals surface area contributed by atoms with Gasteiger partial charge in [0.2, 0.25) is 5.88 Å². The molecule has 7 heteroatoms. The van der Waals surface area contributed by atoms with Crippen molar-refractivity contribution in [3.63, 3.8) is 0 Å². The first kappa shape index (κ1) is 17.5. The highest BCUT2D eigenvalue weighted by Gasteiger charge is 2.20. The van der Waals surface area contributed by atoms with Gasteiger partial charge in [-0.3, -0.25) is 10.1 Å². The van der Waals surface area contributed by atoms with Gasteiger partial charge in [0, 0.05) is 11.6 Å². The number of nitrogens with zero attached hydrogens (tertiary/aromatic N) is 4. The Bertz CT molecular complexity index is 1190. The Morgan fingerprint density at radius 2 is 1.71 bits per heavy atom. The zero-order valence-corrected chi connectivity index (χ0v) is 15.3. The molecule has 2 aromatic heterocycles. The van der Waals surface area contributed by atoms with Crippen molar-refractivity contribution in [1.29, 1.82) is 0 Å². The number of nitro groups is 1. The third-order valence-corrected chi connectivity index (χ3v) is 4.43. The molecule has 28 heavy (non-hydrogen) atoms. The van der Waals surface area contributed by atoms with E-state index in [0.29, 0.717) is 17.0 Å². The molecule has 2 aromatic carbocycles. The number of benzene rings is 2. The Morgan fingerprint density at radius 3 is 2.43 bits per heavy atom. The lowest BCUT2D eigenvalue weighted by Gasteiger charge is -2.10. The fourth-order valence-corrected chi connectivity index (χ4v) is 3.09. The summed E-state index contributed by atoms with van der Waals surface area (Å²) in [6, 6.07) is 18.3. The van der Waals surface area contributed by atoms with Crippen LogP contribution in [0.2, 0.25) is 0 Å². The van der Waals surface area contributed by atoms with Crippen LogP contribution in [0.1, 0.15) is 5.56 Å². The van der Waals surface area contributed by atoms with Gasteiger partial charge < -0.3 is 4.74 Å². The molecule has 0 saturated heterocycles. The maximum Gasteiger partial charge on any atom is 0.284 e. The highest BCUT2D eigenvalue weighted by atomic mass is 16.6. The van der Waals surface area contributed by atoms with E-state index in [9.17, 15) is 10.1 Å². The van der Waals surface area contributed by atoms with Crippen LogP contribution in [-0.2, 0) is 0 Å². The number of methoxy groups -OCH3 is 1. The average Bonchev–Trinajstić information content (AvgIpc) is 2.73. The molecule has 0 aliphatic rings. The van der Waals surface area contributed by atoms with Gasteiger partial charge >= 0.3 is 0 Å². The Labute approximate surface area is 160 Å². The van der Waals surface area contributed by atoms with Crippen molar-refractivity contribution < 1.29 is 9.66 Å². The zero-order valence-electron chi connectivity index (χ0n) is 15.3. The van der Waals surface area contributed by atoms with Crippen LogP contribution < -0.4 is 4.74 Å². The fraction of sp³-hybridized carbons (Fsp3) is 0.0952. The van der Waals surface area contributed by atoms with Gasteiger partial charge in [-0.05, 0) is 24.6 Å². The number of rotatable bonds is 4. The summed E-state index contributed by atoms with van der Waals surface area (Å²) < 4.78 is 5.34. The minimum absolute atomic E-state index is 0.0947. The molecule has 0 aliphatic carbocycles. The molecule has 0 spiro atoms. The smallest absolute Gasteiger partial charge is 0.284 e. The van der Waals surface area contributed by atoms with Crippen molar-refractivity contribution in [1.82, 2.24) is 15.0 Å². The largest absolute Gasteiger partial charge is 0.480 e. The van der Waals surface area contributed by atoms with Crippen molar-refractivity contribution in [2.45, 2.75) is 6.92 Å². The Morgan fingerprint density at radius 1 is 0.929 bits per heavy atom. The van der Waals surface area contributed by atoms with Crippen molar-refractivity contribution in [2.24, 2.45) is 0 Å². The second-order valence-electron chi connectivity index (χ2n) is 6.21. The topological polar surface area (TPSA) is 91.0 Å². The summed E-state index contributed by atoms with van der Waals surface area (Å²) in [5.41, 5.74) is 3.75. The van der Waals surface area contributed by atoms with Gasteiger partial charge in [0.05, 0.1) is 23.2 Å². The molecule has 0 N–H and O–H groups in total. The third kappa shape index (κ3) is 3.03. The van der Waals surface area contributed by atoms with E-state index in [0.717, 1.165) is 16.8 Å². The number of fused-ring (bicyclic) bond motifs is 1. The van der Waals surface area contributed by atoms with Crippen molar-refractivity contribution in [3.8, 4) is 28.7 Å². The van der Waals surface area contributed by atoms with E-state index >= 15 is 0 Å². The molecule has 138 valence electrons. The number of aromatic nitrogens is 3. The van der Waals surface area contributed by atoms with Gasteiger partial charge in [-0.1, -0.05) is 42.5 Å². The molecule has 0 amide bonds. The lowest BCUT2D eigenvalue weighted by molar-refractivity contribution is -0.383. The van der Waals surface area contributed by atoms with E-state index < -0.39 is 4.92 Å². The second kappa shape index (κ2) is 7.03. The average molecular weight is 372 g/mol. The van der Waals surface area contributed by atoms with Crippen LogP contribution in [-0.4, -0.2) is 27.0 Å². The van der Waals surface area contributed by atoms with Crippen LogP contribution in [0, 0.1) is 17.0 Å². The number of nitro benzene ring substituents is 1. The zero-order chi connectivity index (χ0) is 19.7. The van der Waals surface area contributed by atoms with E-state index in [1.54, 1.807) is 12.1 Å². The Hall–Kier alpha value is -3.87. The Kier molecular flexibility index (Phi) is 4.41. The third-order valence-electron chi connectivity index (χ3n) is 4.43. The van der Waals surface area contributed by atoms with Gasteiger partial charge in [-0.25, -0.2) is 9.97 Å². The molecule has 7 nitrogen and oxygen atoms in total. The summed E-state index contributed by atoms with van der Waals surface area (Å²) in [5.74, 6) is 0.498. The number of hydrogen-bond donors (Lipinski definition) is 0. The maximum absolute atomic E-state index is 11.4. The van der Waals surface area contributed by atoms with Crippen molar-refractivity contribution >= 4 is 16.6 Å². The molecule has 0 bridgehead atoms. The van der Waals surface area contributed by atoms with E-state index in [-0.39, 0.29) is 17.0 Å². The number of non-ortho nitro benzene ring substituents is 1. The molecular weight excluding hydrogens is 356 g/mol. The molecular formula is C21H16N4O3. The van der Waals surface area contributed by atoms with E-state index in [2.05, 4.69) is 9.97 Å². The standard InChI is InChI=1S/C21H16N4O3/c1-13-11-12-16(22-19(13)14-7-4-3-5-8-14)20-23-15-9-6-10-17(25(26)27)18(15)21(24-20)28-2/h3-12H,1-2H3. The highest BCUT2D eigenvalue weighted by Crippen LogP contribution is 2.33. The van der Waals surface area contributed by atoms with Crippen LogP contribution in [0.25, 0.3) is 33.7 Å². The highest BCUT2D eigenvalue weighted by molar-refractivity contribution is 5.93. The predicted molar refractivity (Wildman–Crippen MR) is 106 cm³/mol. The molecule has 4 rings (SSSR count). The minimum atomic E-state index is -0.467. The minimum Gasteiger partial charge on any atom is -0.480 e. The molecule has 0 unspecified atom stereocenters. The summed E-state index contributed by atoms with van der Waals surface area (Å²) >= 11 is 0. The molecule has 4 aromatic rings. The monoisotopic (exact) mass is 372 g/mol. The number of pyridine rings is 1. The number of ether oxygens (including phenoxy) is 1. The SMILES string of the molecule is COc1nc(-c2ccc(C)c(-c3ccccc3)n2)nc2cccc([N+](=O)[O-])c12. The van der Waals surface area contributed by atoms with E-state index in [1.165, 1.54) is 13.2 Å². The van der Waals surface area contributed by atoms with Crippen LogP contribution >= 0.6 is 0 Å². The summed E-state index contributed by atoms with van der Waals surface area (Å²) in [5, 5.41) is 11.6. The molecule has 2 heterocycles. The first-order chi connectivity index (χ1) is 13.6. The molecule has 0 atom stereocenters. The van der Waals surface area contributed by atoms with Gasteiger partial charge in [-0.2, -0.15) is 4.98 Å². The molecule has 0 fully saturated rings. The van der Waals surface area contributed by atoms with E-state index in [1.807, 2.05) is 49.4 Å². The normalized spacial score (nSPS) is 10.8. The molecule has 0 saturated carbocycles. The summed E-state index contributed by atoms with van der Waals surface area (Å²) in [4.78, 5) is 24.5. The number of hydrogen-bond acceptors (Lipinski definition) is 6.